The van der Waals surface area contributed by atoms with Gasteiger partial charge in [-0.3, -0.25) is 9.59 Å². The van der Waals surface area contributed by atoms with Gasteiger partial charge in [0.1, 0.15) is 5.75 Å². The summed E-state index contributed by atoms with van der Waals surface area (Å²) in [5.41, 5.74) is 4.17. The fourth-order valence-electron chi connectivity index (χ4n) is 3.71. The zero-order valence-electron chi connectivity index (χ0n) is 21.8. The summed E-state index contributed by atoms with van der Waals surface area (Å²) in [4.78, 5) is 26.9. The van der Waals surface area contributed by atoms with E-state index in [9.17, 15) is 9.59 Å². The topological polar surface area (TPSA) is 58.6 Å². The maximum absolute atomic E-state index is 12.8. The number of rotatable bonds is 6. The van der Waals surface area contributed by atoms with Gasteiger partial charge in [-0.1, -0.05) is 71.9 Å². The standard InChI is InChI=1S/C30H36N2O3/c1-29(2,3)22-15-18-26(25(19-22)30(4,5)6)35-20-27(33)31-23-16-13-21(14-17-23)28(34)32(7)24-11-9-8-10-12-24/h8-19H,20H2,1-7H3,(H,31,33). The quantitative estimate of drug-likeness (QED) is 0.441. The van der Waals surface area contributed by atoms with Crippen LogP contribution in [0, 0.1) is 0 Å². The lowest BCUT2D eigenvalue weighted by Crippen LogP contribution is -2.26. The highest BCUT2D eigenvalue weighted by Crippen LogP contribution is 2.35. The lowest BCUT2D eigenvalue weighted by molar-refractivity contribution is -0.118. The number of nitrogens with zero attached hydrogens (tertiary/aromatic N) is 1. The summed E-state index contributed by atoms with van der Waals surface area (Å²) in [6.07, 6.45) is 0. The molecule has 0 fully saturated rings. The summed E-state index contributed by atoms with van der Waals surface area (Å²) in [7, 11) is 1.74. The van der Waals surface area contributed by atoms with Crippen molar-refractivity contribution in [2.75, 3.05) is 23.9 Å². The minimum absolute atomic E-state index is 0.0271. The molecular weight excluding hydrogens is 436 g/mol. The van der Waals surface area contributed by atoms with E-state index in [1.165, 1.54) is 5.56 Å². The number of ether oxygens (including phenoxy) is 1. The Bertz CT molecular complexity index is 1170. The van der Waals surface area contributed by atoms with Gasteiger partial charge >= 0.3 is 0 Å². The highest BCUT2D eigenvalue weighted by molar-refractivity contribution is 6.06. The Morgan fingerprint density at radius 2 is 1.46 bits per heavy atom. The lowest BCUT2D eigenvalue weighted by atomic mass is 9.80. The zero-order valence-corrected chi connectivity index (χ0v) is 21.8. The predicted octanol–water partition coefficient (Wildman–Crippen LogP) is 6.58. The van der Waals surface area contributed by atoms with Crippen LogP contribution in [0.4, 0.5) is 11.4 Å². The molecule has 184 valence electrons. The number of para-hydroxylation sites is 1. The normalized spacial score (nSPS) is 11.6. The average molecular weight is 473 g/mol. The van der Waals surface area contributed by atoms with Crippen LogP contribution in [-0.4, -0.2) is 25.5 Å². The van der Waals surface area contributed by atoms with E-state index in [2.05, 4.69) is 59.0 Å². The molecule has 3 aromatic carbocycles. The summed E-state index contributed by atoms with van der Waals surface area (Å²) >= 11 is 0. The average Bonchev–Trinajstić information content (AvgIpc) is 2.81. The van der Waals surface area contributed by atoms with Crippen molar-refractivity contribution < 1.29 is 14.3 Å². The Morgan fingerprint density at radius 3 is 2.03 bits per heavy atom. The SMILES string of the molecule is CN(C(=O)c1ccc(NC(=O)COc2ccc(C(C)(C)C)cc2C(C)(C)C)cc1)c1ccccc1. The van der Waals surface area contributed by atoms with E-state index in [4.69, 9.17) is 4.74 Å². The van der Waals surface area contributed by atoms with Crippen molar-refractivity contribution in [2.24, 2.45) is 0 Å². The Kier molecular flexibility index (Phi) is 7.69. The van der Waals surface area contributed by atoms with E-state index in [0.29, 0.717) is 17.0 Å². The minimum atomic E-state index is -0.259. The van der Waals surface area contributed by atoms with Crippen LogP contribution in [0.3, 0.4) is 0 Å². The van der Waals surface area contributed by atoms with Crippen LogP contribution in [-0.2, 0) is 15.6 Å². The molecule has 3 rings (SSSR count). The molecule has 0 aliphatic carbocycles. The maximum Gasteiger partial charge on any atom is 0.262 e. The van der Waals surface area contributed by atoms with Crippen LogP contribution < -0.4 is 15.0 Å². The van der Waals surface area contributed by atoms with Crippen molar-refractivity contribution in [3.05, 3.63) is 89.5 Å². The summed E-state index contributed by atoms with van der Waals surface area (Å²) in [5.74, 6) is 0.335. The third-order valence-corrected chi connectivity index (χ3v) is 5.88. The zero-order chi connectivity index (χ0) is 25.8. The molecule has 0 spiro atoms. The van der Waals surface area contributed by atoms with Crippen molar-refractivity contribution >= 4 is 23.2 Å². The number of amides is 2. The van der Waals surface area contributed by atoms with E-state index in [1.807, 2.05) is 36.4 Å². The highest BCUT2D eigenvalue weighted by Gasteiger charge is 2.23. The molecule has 0 unspecified atom stereocenters. The van der Waals surface area contributed by atoms with Crippen LogP contribution in [0.5, 0.6) is 5.75 Å². The summed E-state index contributed by atoms with van der Waals surface area (Å²) < 4.78 is 5.93. The maximum atomic E-state index is 12.8. The molecule has 0 saturated heterocycles. The van der Waals surface area contributed by atoms with Gasteiger partial charge in [0.15, 0.2) is 6.61 Å². The largest absolute Gasteiger partial charge is 0.483 e. The second kappa shape index (κ2) is 10.3. The lowest BCUT2D eigenvalue weighted by Gasteiger charge is -2.27. The van der Waals surface area contributed by atoms with Crippen LogP contribution in [0.2, 0.25) is 0 Å². The van der Waals surface area contributed by atoms with Crippen molar-refractivity contribution in [3.8, 4) is 5.75 Å². The van der Waals surface area contributed by atoms with Crippen molar-refractivity contribution in [2.45, 2.75) is 52.4 Å². The van der Waals surface area contributed by atoms with Gasteiger partial charge in [0.2, 0.25) is 0 Å². The van der Waals surface area contributed by atoms with E-state index < -0.39 is 0 Å². The molecule has 0 aliphatic rings. The van der Waals surface area contributed by atoms with Gasteiger partial charge in [-0.25, -0.2) is 0 Å². The predicted molar refractivity (Wildman–Crippen MR) is 144 cm³/mol. The van der Waals surface area contributed by atoms with Gasteiger partial charge in [0.25, 0.3) is 11.8 Å². The van der Waals surface area contributed by atoms with Gasteiger partial charge in [-0.15, -0.1) is 0 Å². The molecule has 5 nitrogen and oxygen atoms in total. The van der Waals surface area contributed by atoms with Crippen LogP contribution in [0.1, 0.15) is 63.0 Å². The van der Waals surface area contributed by atoms with Crippen LogP contribution >= 0.6 is 0 Å². The van der Waals surface area contributed by atoms with E-state index in [-0.39, 0.29) is 29.3 Å². The molecular formula is C30H36N2O3. The van der Waals surface area contributed by atoms with Crippen molar-refractivity contribution in [3.63, 3.8) is 0 Å². The van der Waals surface area contributed by atoms with Gasteiger partial charge < -0.3 is 15.0 Å². The van der Waals surface area contributed by atoms with E-state index in [1.54, 1.807) is 36.2 Å². The fourth-order valence-corrected chi connectivity index (χ4v) is 3.71. The number of anilines is 2. The molecule has 0 aromatic heterocycles. The Balaban J connectivity index is 1.64. The molecule has 0 atom stereocenters. The summed E-state index contributed by atoms with van der Waals surface area (Å²) in [5, 5.41) is 2.84. The van der Waals surface area contributed by atoms with Crippen LogP contribution in [0.25, 0.3) is 0 Å². The third kappa shape index (κ3) is 6.72. The fraction of sp³-hybridized carbons (Fsp3) is 0.333. The van der Waals surface area contributed by atoms with E-state index >= 15 is 0 Å². The minimum Gasteiger partial charge on any atom is -0.483 e. The molecule has 5 heteroatoms. The first-order valence-corrected chi connectivity index (χ1v) is 11.9. The first-order chi connectivity index (χ1) is 16.4. The third-order valence-electron chi connectivity index (χ3n) is 5.88. The molecule has 2 amide bonds. The van der Waals surface area contributed by atoms with Gasteiger partial charge in [-0.2, -0.15) is 0 Å². The molecule has 0 bridgehead atoms. The Hall–Kier alpha value is -3.60. The first kappa shape index (κ1) is 26.0. The number of hydrogen-bond acceptors (Lipinski definition) is 3. The monoisotopic (exact) mass is 472 g/mol. The van der Waals surface area contributed by atoms with Gasteiger partial charge in [-0.05, 0) is 64.4 Å². The molecule has 3 aromatic rings. The second-order valence-electron chi connectivity index (χ2n) is 10.8. The number of carbonyl (C=O) groups is 2. The molecule has 0 aliphatic heterocycles. The number of carbonyl (C=O) groups excluding carboxylic acids is 2. The van der Waals surface area contributed by atoms with E-state index in [0.717, 1.165) is 11.3 Å². The number of hydrogen-bond donors (Lipinski definition) is 1. The number of benzene rings is 3. The Morgan fingerprint density at radius 1 is 0.829 bits per heavy atom. The first-order valence-electron chi connectivity index (χ1n) is 11.9. The molecule has 35 heavy (non-hydrogen) atoms. The van der Waals surface area contributed by atoms with Crippen molar-refractivity contribution in [1.29, 1.82) is 0 Å². The molecule has 1 N–H and O–H groups in total. The highest BCUT2D eigenvalue weighted by atomic mass is 16.5. The smallest absolute Gasteiger partial charge is 0.262 e. The number of nitrogens with one attached hydrogen (secondary N) is 1. The molecule has 0 saturated carbocycles. The van der Waals surface area contributed by atoms with Crippen molar-refractivity contribution in [1.82, 2.24) is 0 Å². The Labute approximate surface area is 209 Å². The summed E-state index contributed by atoms with van der Waals surface area (Å²) in [6.45, 7) is 12.9. The summed E-state index contributed by atoms with van der Waals surface area (Å²) in [6, 6.07) is 22.5. The second-order valence-corrected chi connectivity index (χ2v) is 10.8. The van der Waals surface area contributed by atoms with Gasteiger partial charge in [0, 0.05) is 24.0 Å². The van der Waals surface area contributed by atoms with Gasteiger partial charge in [0.05, 0.1) is 0 Å². The van der Waals surface area contributed by atoms with Crippen LogP contribution in [0.15, 0.2) is 72.8 Å². The molecule has 0 radical (unpaired) electrons. The molecule has 0 heterocycles.